The number of aliphatic hydroxyl groups excluding tert-OH is 2. The molecule has 4 nitrogen and oxygen atoms in total. The summed E-state index contributed by atoms with van der Waals surface area (Å²) in [7, 11) is 0. The van der Waals surface area contributed by atoms with Crippen molar-refractivity contribution in [1.29, 1.82) is 0 Å². The molecule has 5 heteroatoms. The number of carbonyl (C=O) groups excluding carboxylic acids is 1. The van der Waals surface area contributed by atoms with Crippen LogP contribution in [0.25, 0.3) is 0 Å². The summed E-state index contributed by atoms with van der Waals surface area (Å²) in [5.74, 6) is -0.544. The van der Waals surface area contributed by atoms with Crippen LogP contribution in [-0.4, -0.2) is 41.3 Å². The molecule has 0 fully saturated rings. The topological polar surface area (TPSA) is 66.8 Å². The Balaban J connectivity index is 3.82. The minimum Gasteiger partial charge on any atom is -0.465 e. The fourth-order valence-corrected chi connectivity index (χ4v) is 1.11. The molecular formula is C9H17BrO4. The van der Waals surface area contributed by atoms with Crippen molar-refractivity contribution >= 4 is 21.9 Å². The normalized spacial score (nSPS) is 11.4. The monoisotopic (exact) mass is 268 g/mol. The second-order valence-electron chi connectivity index (χ2n) is 3.41. The molecule has 0 unspecified atom stereocenters. The highest BCUT2D eigenvalue weighted by atomic mass is 79.9. The SMILES string of the molecule is CC(CO)(CO)C(=O)OCCCCBr. The van der Waals surface area contributed by atoms with Crippen molar-refractivity contribution in [2.24, 2.45) is 5.41 Å². The van der Waals surface area contributed by atoms with Crippen molar-refractivity contribution in [3.63, 3.8) is 0 Å². The van der Waals surface area contributed by atoms with Crippen molar-refractivity contribution in [2.45, 2.75) is 19.8 Å². The van der Waals surface area contributed by atoms with Crippen LogP contribution in [-0.2, 0) is 9.53 Å². The molecule has 0 amide bonds. The van der Waals surface area contributed by atoms with E-state index in [1.165, 1.54) is 6.92 Å². The highest BCUT2D eigenvalue weighted by molar-refractivity contribution is 9.09. The van der Waals surface area contributed by atoms with E-state index in [4.69, 9.17) is 14.9 Å². The number of hydrogen-bond acceptors (Lipinski definition) is 4. The van der Waals surface area contributed by atoms with Crippen molar-refractivity contribution in [3.8, 4) is 0 Å². The first-order valence-corrected chi connectivity index (χ1v) is 5.68. The summed E-state index contributed by atoms with van der Waals surface area (Å²) in [6.07, 6.45) is 1.71. The molecule has 0 rings (SSSR count). The minimum absolute atomic E-state index is 0.333. The maximum Gasteiger partial charge on any atom is 0.316 e. The fraction of sp³-hybridized carbons (Fsp3) is 0.889. The number of halogens is 1. The zero-order valence-electron chi connectivity index (χ0n) is 8.33. The van der Waals surface area contributed by atoms with Crippen LogP contribution in [0, 0.1) is 5.41 Å². The molecule has 0 aliphatic rings. The largest absolute Gasteiger partial charge is 0.465 e. The second kappa shape index (κ2) is 7.20. The molecule has 0 bridgehead atoms. The second-order valence-corrected chi connectivity index (χ2v) is 4.20. The van der Waals surface area contributed by atoms with E-state index in [1.807, 2.05) is 0 Å². The summed E-state index contributed by atoms with van der Waals surface area (Å²) in [6.45, 7) is 1.00. The first kappa shape index (κ1) is 13.9. The van der Waals surface area contributed by atoms with Crippen LogP contribution < -0.4 is 0 Å². The fourth-order valence-electron chi connectivity index (χ4n) is 0.715. The number of unbranched alkanes of at least 4 members (excludes halogenated alkanes) is 1. The number of hydrogen-bond donors (Lipinski definition) is 2. The maximum atomic E-state index is 11.3. The molecule has 0 aliphatic heterocycles. The number of carbonyl (C=O) groups is 1. The lowest BCUT2D eigenvalue weighted by Gasteiger charge is -2.21. The molecule has 84 valence electrons. The van der Waals surface area contributed by atoms with Gasteiger partial charge in [-0.05, 0) is 19.8 Å². The summed E-state index contributed by atoms with van der Waals surface area (Å²) in [6, 6.07) is 0. The van der Waals surface area contributed by atoms with E-state index in [0.29, 0.717) is 6.61 Å². The molecule has 2 N–H and O–H groups in total. The predicted molar refractivity (Wildman–Crippen MR) is 56.3 cm³/mol. The lowest BCUT2D eigenvalue weighted by molar-refractivity contribution is -0.160. The van der Waals surface area contributed by atoms with E-state index in [2.05, 4.69) is 15.9 Å². The third kappa shape index (κ3) is 4.39. The van der Waals surface area contributed by atoms with E-state index in [9.17, 15) is 4.79 Å². The Morgan fingerprint density at radius 3 is 2.36 bits per heavy atom. The van der Waals surface area contributed by atoms with Gasteiger partial charge in [0.05, 0.1) is 19.8 Å². The molecule has 0 radical (unpaired) electrons. The van der Waals surface area contributed by atoms with Gasteiger partial charge in [-0.15, -0.1) is 0 Å². The maximum absolute atomic E-state index is 11.3. The Morgan fingerprint density at radius 2 is 1.93 bits per heavy atom. The van der Waals surface area contributed by atoms with Crippen LogP contribution in [0.2, 0.25) is 0 Å². The standard InChI is InChI=1S/C9H17BrO4/c1-9(6-11,7-12)8(13)14-5-3-2-4-10/h11-12H,2-7H2,1H3. The molecule has 14 heavy (non-hydrogen) atoms. The number of esters is 1. The van der Waals surface area contributed by atoms with Gasteiger partial charge in [-0.3, -0.25) is 4.79 Å². The molecule has 0 aromatic rings. The van der Waals surface area contributed by atoms with Gasteiger partial charge in [0.2, 0.25) is 0 Å². The van der Waals surface area contributed by atoms with Gasteiger partial charge in [0.25, 0.3) is 0 Å². The Bertz CT molecular complexity index is 168. The smallest absolute Gasteiger partial charge is 0.316 e. The van der Waals surface area contributed by atoms with Gasteiger partial charge >= 0.3 is 5.97 Å². The van der Waals surface area contributed by atoms with Gasteiger partial charge in [0.15, 0.2) is 0 Å². The average molecular weight is 269 g/mol. The summed E-state index contributed by atoms with van der Waals surface area (Å²) in [5.41, 5.74) is -1.17. The molecule has 0 atom stereocenters. The van der Waals surface area contributed by atoms with Crippen LogP contribution in [0.3, 0.4) is 0 Å². The zero-order valence-corrected chi connectivity index (χ0v) is 9.92. The quantitative estimate of drug-likeness (QED) is 0.405. The Labute approximate surface area is 92.4 Å². The highest BCUT2D eigenvalue weighted by Crippen LogP contribution is 2.16. The predicted octanol–water partition coefficient (Wildman–Crippen LogP) is 0.696. The van der Waals surface area contributed by atoms with Crippen molar-refractivity contribution in [2.75, 3.05) is 25.2 Å². The lowest BCUT2D eigenvalue weighted by Crippen LogP contribution is -2.37. The minimum atomic E-state index is -1.17. The van der Waals surface area contributed by atoms with Crippen LogP contribution in [0.15, 0.2) is 0 Å². The number of rotatable bonds is 7. The van der Waals surface area contributed by atoms with E-state index in [-0.39, 0.29) is 0 Å². The van der Waals surface area contributed by atoms with Gasteiger partial charge < -0.3 is 14.9 Å². The van der Waals surface area contributed by atoms with Crippen molar-refractivity contribution in [3.05, 3.63) is 0 Å². The Hall–Kier alpha value is -0.130. The molecule has 0 aromatic heterocycles. The third-order valence-corrected chi connectivity index (χ3v) is 2.51. The Kier molecular flexibility index (Phi) is 7.13. The first-order valence-electron chi connectivity index (χ1n) is 4.55. The number of aliphatic hydroxyl groups is 2. The van der Waals surface area contributed by atoms with Gasteiger partial charge in [-0.2, -0.15) is 0 Å². The van der Waals surface area contributed by atoms with Gasteiger partial charge in [-0.1, -0.05) is 15.9 Å². The van der Waals surface area contributed by atoms with Crippen LogP contribution >= 0.6 is 15.9 Å². The first-order chi connectivity index (χ1) is 6.60. The third-order valence-electron chi connectivity index (χ3n) is 1.95. The zero-order chi connectivity index (χ0) is 11.0. The van der Waals surface area contributed by atoms with Crippen LogP contribution in [0.5, 0.6) is 0 Å². The highest BCUT2D eigenvalue weighted by Gasteiger charge is 2.33. The number of ether oxygens (including phenoxy) is 1. The van der Waals surface area contributed by atoms with E-state index in [0.717, 1.165) is 18.2 Å². The van der Waals surface area contributed by atoms with Gasteiger partial charge in [0, 0.05) is 5.33 Å². The average Bonchev–Trinajstić information content (AvgIpc) is 2.22. The van der Waals surface area contributed by atoms with Crippen LogP contribution in [0.1, 0.15) is 19.8 Å². The molecule has 0 aromatic carbocycles. The van der Waals surface area contributed by atoms with E-state index in [1.54, 1.807) is 0 Å². The summed E-state index contributed by atoms with van der Waals surface area (Å²) in [5, 5.41) is 18.7. The summed E-state index contributed by atoms with van der Waals surface area (Å²) in [4.78, 5) is 11.3. The molecule has 0 aliphatic carbocycles. The summed E-state index contributed by atoms with van der Waals surface area (Å²) >= 11 is 3.26. The Morgan fingerprint density at radius 1 is 1.36 bits per heavy atom. The molecule has 0 saturated heterocycles. The van der Waals surface area contributed by atoms with Crippen LogP contribution in [0.4, 0.5) is 0 Å². The molecule has 0 heterocycles. The van der Waals surface area contributed by atoms with Gasteiger partial charge in [0.1, 0.15) is 5.41 Å². The number of alkyl halides is 1. The van der Waals surface area contributed by atoms with Crippen molar-refractivity contribution in [1.82, 2.24) is 0 Å². The molecular weight excluding hydrogens is 252 g/mol. The van der Waals surface area contributed by atoms with Crippen molar-refractivity contribution < 1.29 is 19.7 Å². The lowest BCUT2D eigenvalue weighted by atomic mass is 9.93. The molecule has 0 saturated carbocycles. The summed E-state index contributed by atoms with van der Waals surface area (Å²) < 4.78 is 4.91. The van der Waals surface area contributed by atoms with Gasteiger partial charge in [-0.25, -0.2) is 0 Å². The van der Waals surface area contributed by atoms with E-state index < -0.39 is 24.6 Å². The van der Waals surface area contributed by atoms with E-state index >= 15 is 0 Å². The molecule has 0 spiro atoms.